The van der Waals surface area contributed by atoms with E-state index in [2.05, 4.69) is 16.4 Å². The summed E-state index contributed by atoms with van der Waals surface area (Å²) in [6.07, 6.45) is 3.11. The molecule has 11 heteroatoms. The third-order valence-electron chi connectivity index (χ3n) is 8.44. The SMILES string of the molecule is Cc1c(COc2cc(OCc3cncc(C#N)c3)c(CNC(CO)CO)cc2Cl)cccc1-c1cccc(C(=O)N2CCOCC2)c1C. The molecular formula is C37H39ClN4O6. The van der Waals surface area contributed by atoms with E-state index in [1.54, 1.807) is 24.4 Å². The molecule has 0 radical (unpaired) electrons. The fourth-order valence-corrected chi connectivity index (χ4v) is 5.81. The van der Waals surface area contributed by atoms with Gasteiger partial charge < -0.3 is 34.6 Å². The lowest BCUT2D eigenvalue weighted by atomic mass is 9.91. The van der Waals surface area contributed by atoms with Gasteiger partial charge in [0.15, 0.2) is 0 Å². The van der Waals surface area contributed by atoms with Crippen molar-refractivity contribution in [2.75, 3.05) is 39.5 Å². The number of carbonyl (C=O) groups is 1. The third kappa shape index (κ3) is 8.31. The Bertz CT molecular complexity index is 1780. The van der Waals surface area contributed by atoms with Crippen LogP contribution < -0.4 is 14.8 Å². The van der Waals surface area contributed by atoms with Crippen molar-refractivity contribution < 1.29 is 29.2 Å². The number of aromatic nitrogens is 1. The summed E-state index contributed by atoms with van der Waals surface area (Å²) in [5.74, 6) is 0.916. The van der Waals surface area contributed by atoms with E-state index in [0.717, 1.165) is 27.8 Å². The highest BCUT2D eigenvalue weighted by Crippen LogP contribution is 2.35. The van der Waals surface area contributed by atoms with Crippen LogP contribution in [0.1, 0.15) is 43.7 Å². The van der Waals surface area contributed by atoms with Crippen molar-refractivity contribution >= 4 is 17.5 Å². The van der Waals surface area contributed by atoms with Crippen LogP contribution in [0.5, 0.6) is 11.5 Å². The second-order valence-corrected chi connectivity index (χ2v) is 12.0. The Balaban J connectivity index is 1.38. The number of aliphatic hydroxyl groups excluding tert-OH is 2. The van der Waals surface area contributed by atoms with Crippen molar-refractivity contribution in [2.24, 2.45) is 0 Å². The highest BCUT2D eigenvalue weighted by molar-refractivity contribution is 6.32. The minimum atomic E-state index is -0.513. The smallest absolute Gasteiger partial charge is 0.254 e. The lowest BCUT2D eigenvalue weighted by Crippen LogP contribution is -2.41. The molecule has 1 saturated heterocycles. The topological polar surface area (TPSA) is 137 Å². The van der Waals surface area contributed by atoms with Gasteiger partial charge in [-0.1, -0.05) is 41.9 Å². The molecule has 1 aliphatic rings. The molecule has 0 bridgehead atoms. The zero-order valence-electron chi connectivity index (χ0n) is 27.0. The van der Waals surface area contributed by atoms with E-state index >= 15 is 0 Å². The van der Waals surface area contributed by atoms with Crippen LogP contribution in [0.3, 0.4) is 0 Å². The fraction of sp³-hybridized carbons (Fsp3) is 0.324. The first-order chi connectivity index (χ1) is 23.3. The minimum absolute atomic E-state index is 0.0124. The molecule has 0 saturated carbocycles. The molecule has 0 spiro atoms. The molecular weight excluding hydrogens is 632 g/mol. The van der Waals surface area contributed by atoms with Crippen LogP contribution in [-0.4, -0.2) is 71.6 Å². The van der Waals surface area contributed by atoms with Gasteiger partial charge in [0.05, 0.1) is 43.1 Å². The van der Waals surface area contributed by atoms with Gasteiger partial charge >= 0.3 is 0 Å². The zero-order valence-corrected chi connectivity index (χ0v) is 27.8. The van der Waals surface area contributed by atoms with Crippen LogP contribution in [0.25, 0.3) is 11.1 Å². The largest absolute Gasteiger partial charge is 0.488 e. The van der Waals surface area contributed by atoms with E-state index in [4.69, 9.17) is 25.8 Å². The summed E-state index contributed by atoms with van der Waals surface area (Å²) in [7, 11) is 0. The molecule has 5 rings (SSSR count). The van der Waals surface area contributed by atoms with Crippen LogP contribution in [0.4, 0.5) is 0 Å². The predicted octanol–water partition coefficient (Wildman–Crippen LogP) is 4.96. The van der Waals surface area contributed by atoms with E-state index in [9.17, 15) is 20.3 Å². The van der Waals surface area contributed by atoms with E-state index in [0.29, 0.717) is 65.1 Å². The lowest BCUT2D eigenvalue weighted by Gasteiger charge is -2.27. The van der Waals surface area contributed by atoms with Gasteiger partial charge in [0.1, 0.15) is 30.8 Å². The Morgan fingerprint density at radius 3 is 2.42 bits per heavy atom. The summed E-state index contributed by atoms with van der Waals surface area (Å²) >= 11 is 6.71. The number of hydrogen-bond donors (Lipinski definition) is 3. The zero-order chi connectivity index (χ0) is 34.0. The average Bonchev–Trinajstić information content (AvgIpc) is 3.12. The van der Waals surface area contributed by atoms with Gasteiger partial charge in [-0.3, -0.25) is 9.78 Å². The molecule has 250 valence electrons. The highest BCUT2D eigenvalue weighted by atomic mass is 35.5. The number of aliphatic hydroxyl groups is 2. The first-order valence-electron chi connectivity index (χ1n) is 15.8. The number of halogens is 1. The Hall–Kier alpha value is -4.50. The number of nitriles is 1. The highest BCUT2D eigenvalue weighted by Gasteiger charge is 2.22. The minimum Gasteiger partial charge on any atom is -0.488 e. The van der Waals surface area contributed by atoms with Gasteiger partial charge in [0.25, 0.3) is 5.91 Å². The second-order valence-electron chi connectivity index (χ2n) is 11.6. The molecule has 48 heavy (non-hydrogen) atoms. The van der Waals surface area contributed by atoms with Gasteiger partial charge in [0.2, 0.25) is 0 Å². The van der Waals surface area contributed by atoms with Crippen molar-refractivity contribution in [1.29, 1.82) is 5.26 Å². The van der Waals surface area contributed by atoms with E-state index in [1.165, 1.54) is 6.20 Å². The molecule has 0 aliphatic carbocycles. The second kappa shape index (κ2) is 16.6. The maximum atomic E-state index is 13.3. The van der Waals surface area contributed by atoms with Crippen molar-refractivity contribution in [1.82, 2.24) is 15.2 Å². The molecule has 0 atom stereocenters. The molecule has 1 aliphatic heterocycles. The number of pyridine rings is 1. The van der Waals surface area contributed by atoms with Gasteiger partial charge in [0, 0.05) is 54.8 Å². The number of rotatable bonds is 13. The molecule has 10 nitrogen and oxygen atoms in total. The maximum absolute atomic E-state index is 13.3. The number of hydrogen-bond acceptors (Lipinski definition) is 9. The summed E-state index contributed by atoms with van der Waals surface area (Å²) in [5.41, 5.74) is 7.41. The Labute approximate surface area is 285 Å². The van der Waals surface area contributed by atoms with Crippen LogP contribution in [0.15, 0.2) is 67.0 Å². The van der Waals surface area contributed by atoms with E-state index in [-0.39, 0.29) is 38.9 Å². The Morgan fingerprint density at radius 2 is 1.69 bits per heavy atom. The normalized spacial score (nSPS) is 13.0. The molecule has 3 aromatic carbocycles. The summed E-state index contributed by atoms with van der Waals surface area (Å²) < 4.78 is 17.9. The molecule has 3 N–H and O–H groups in total. The first-order valence-corrected chi connectivity index (χ1v) is 16.1. The maximum Gasteiger partial charge on any atom is 0.254 e. The van der Waals surface area contributed by atoms with E-state index < -0.39 is 6.04 Å². The molecule has 2 heterocycles. The Kier molecular flexibility index (Phi) is 12.0. The van der Waals surface area contributed by atoms with Crippen molar-refractivity contribution in [2.45, 2.75) is 39.6 Å². The van der Waals surface area contributed by atoms with Gasteiger partial charge in [-0.05, 0) is 59.9 Å². The molecule has 1 fully saturated rings. The Morgan fingerprint density at radius 1 is 0.979 bits per heavy atom. The van der Waals surface area contributed by atoms with Crippen molar-refractivity contribution in [3.8, 4) is 28.7 Å². The number of benzene rings is 3. The summed E-state index contributed by atoms with van der Waals surface area (Å²) in [4.78, 5) is 19.3. The quantitative estimate of drug-likeness (QED) is 0.180. The number of morpholine rings is 1. The van der Waals surface area contributed by atoms with Gasteiger partial charge in [-0.15, -0.1) is 0 Å². The number of ether oxygens (including phenoxy) is 3. The molecule has 0 unspecified atom stereocenters. The van der Waals surface area contributed by atoms with E-state index in [1.807, 2.05) is 55.1 Å². The number of nitrogens with one attached hydrogen (secondary N) is 1. The monoisotopic (exact) mass is 670 g/mol. The summed E-state index contributed by atoms with van der Waals surface area (Å²) in [5, 5.41) is 31.8. The predicted molar refractivity (Wildman–Crippen MR) is 182 cm³/mol. The molecule has 1 aromatic heterocycles. The van der Waals surface area contributed by atoms with Crippen LogP contribution in [0.2, 0.25) is 5.02 Å². The van der Waals surface area contributed by atoms with Gasteiger partial charge in [-0.25, -0.2) is 0 Å². The fourth-order valence-electron chi connectivity index (χ4n) is 5.57. The van der Waals surface area contributed by atoms with Crippen molar-refractivity contribution in [3.05, 3.63) is 111 Å². The van der Waals surface area contributed by atoms with Crippen molar-refractivity contribution in [3.63, 3.8) is 0 Å². The van der Waals surface area contributed by atoms with Crippen LogP contribution in [-0.2, 0) is 24.5 Å². The summed E-state index contributed by atoms with van der Waals surface area (Å²) in [6.45, 7) is 6.45. The average molecular weight is 671 g/mol. The molecule has 1 amide bonds. The van der Waals surface area contributed by atoms with Crippen LogP contribution in [0, 0.1) is 25.2 Å². The number of carbonyl (C=O) groups excluding carboxylic acids is 1. The molecule has 4 aromatic rings. The number of nitrogens with zero attached hydrogens (tertiary/aromatic N) is 3. The van der Waals surface area contributed by atoms with Crippen LogP contribution >= 0.6 is 11.6 Å². The first kappa shape index (κ1) is 34.8. The van der Waals surface area contributed by atoms with Gasteiger partial charge in [-0.2, -0.15) is 5.26 Å². The summed E-state index contributed by atoms with van der Waals surface area (Å²) in [6, 6.07) is 18.6. The standard InChI is InChI=1S/C37H39ClN4O6/c1-24-28(5-3-6-31(24)32-7-4-8-33(25(32)2)37(45)42-9-11-46-12-10-42)23-48-36-15-35(47-22-27-13-26(16-39)17-40-18-27)29(14-34(36)38)19-41-30(20-43)21-44/h3-8,13-15,17-18,30,41,43-44H,9-12,19-23H2,1-2H3. The lowest BCUT2D eigenvalue weighted by molar-refractivity contribution is 0.0302. The number of amides is 1. The third-order valence-corrected chi connectivity index (χ3v) is 8.73.